The molecule has 3 nitrogen and oxygen atoms in total. The fourth-order valence-corrected chi connectivity index (χ4v) is 9.23. The summed E-state index contributed by atoms with van der Waals surface area (Å²) in [5.41, 5.74) is 9.56. The summed E-state index contributed by atoms with van der Waals surface area (Å²) < 4.78 is 6.46. The topological polar surface area (TPSA) is 38.9 Å². The SMILES string of the molecule is C[Si](C)(C)c1ccc(-c2[c-]cccc2)nc1.[Ir].[c-]1ccc2c(oc3cccc(-c4ccccc4)c32)c1-c1cc(CC2CC3CCC2CC3)ccn1. The summed E-state index contributed by atoms with van der Waals surface area (Å²) in [4.78, 5) is 9.28. The minimum atomic E-state index is -1.23. The van der Waals surface area contributed by atoms with Crippen LogP contribution >= 0.6 is 0 Å². The van der Waals surface area contributed by atoms with E-state index in [4.69, 9.17) is 9.40 Å². The van der Waals surface area contributed by atoms with Crippen LogP contribution in [-0.2, 0) is 26.5 Å². The minimum Gasteiger partial charge on any atom is -0.501 e. The molecule has 51 heavy (non-hydrogen) atoms. The summed E-state index contributed by atoms with van der Waals surface area (Å²) in [6.07, 6.45) is 12.3. The van der Waals surface area contributed by atoms with Crippen molar-refractivity contribution in [2.24, 2.45) is 17.8 Å². The van der Waals surface area contributed by atoms with Crippen LogP contribution in [0.2, 0.25) is 19.6 Å². The molecule has 7 aromatic rings. The number of nitrogens with zero attached hydrogens (tertiary/aromatic N) is 2. The van der Waals surface area contributed by atoms with Crippen LogP contribution in [0.5, 0.6) is 0 Å². The van der Waals surface area contributed by atoms with Gasteiger partial charge < -0.3 is 14.4 Å². The smallest absolute Gasteiger partial charge is 0.121 e. The quantitative estimate of drug-likeness (QED) is 0.124. The first-order valence-corrected chi connectivity index (χ1v) is 21.7. The maximum Gasteiger partial charge on any atom is 0.121 e. The van der Waals surface area contributed by atoms with E-state index < -0.39 is 8.07 Å². The van der Waals surface area contributed by atoms with Gasteiger partial charge in [0.25, 0.3) is 0 Å². The standard InChI is InChI=1S/C32H28NO.C14H16NSi.Ir/c1-2-6-24(7-3-1)26-8-5-11-30-31(26)28-10-4-9-27(32(28)34-30)29-20-22(16-17-33-29)19-25-18-21-12-14-23(25)15-13-21;1-16(2,3)13-9-10-14(15-11-13)12-7-5-4-6-8-12;/h1-8,10-11,16-17,20-21,23,25H,12-15,18-19H2;4-7,9-11H,1-3H3;/q2*-1;. The third-order valence-electron chi connectivity index (χ3n) is 10.9. The van der Waals surface area contributed by atoms with Gasteiger partial charge in [0.2, 0.25) is 0 Å². The normalized spacial score (nSPS) is 18.2. The Kier molecular flexibility index (Phi) is 10.5. The molecule has 3 aromatic heterocycles. The molecule has 1 atom stereocenters. The van der Waals surface area contributed by atoms with Crippen LogP contribution in [0, 0.1) is 29.9 Å². The van der Waals surface area contributed by atoms with Gasteiger partial charge in [-0.1, -0.05) is 110 Å². The zero-order chi connectivity index (χ0) is 34.1. The molecular weight excluding hydrogens is 817 g/mol. The number of fused-ring (bicyclic) bond motifs is 6. The molecule has 3 saturated carbocycles. The summed E-state index contributed by atoms with van der Waals surface area (Å²) in [6, 6.07) is 44.4. The minimum absolute atomic E-state index is 0. The summed E-state index contributed by atoms with van der Waals surface area (Å²) in [7, 11) is -1.23. The van der Waals surface area contributed by atoms with E-state index >= 15 is 0 Å². The molecule has 0 aliphatic heterocycles. The van der Waals surface area contributed by atoms with Crippen molar-refractivity contribution >= 4 is 35.2 Å². The van der Waals surface area contributed by atoms with Gasteiger partial charge in [0, 0.05) is 37.9 Å². The van der Waals surface area contributed by atoms with Crippen LogP contribution in [0.25, 0.3) is 55.6 Å². The molecule has 0 saturated heterocycles. The zero-order valence-corrected chi connectivity index (χ0v) is 33.1. The fraction of sp³-hybridized carbons (Fsp3) is 0.261. The van der Waals surface area contributed by atoms with E-state index in [0.717, 1.165) is 62.2 Å². The molecule has 3 fully saturated rings. The number of hydrogen-bond acceptors (Lipinski definition) is 3. The van der Waals surface area contributed by atoms with E-state index in [2.05, 4.69) is 116 Å². The second kappa shape index (κ2) is 15.2. The monoisotopic (exact) mass is 861 g/mol. The van der Waals surface area contributed by atoms with E-state index in [1.807, 2.05) is 42.7 Å². The van der Waals surface area contributed by atoms with Crippen LogP contribution < -0.4 is 5.19 Å². The molecule has 0 N–H and O–H groups in total. The molecule has 0 amide bonds. The van der Waals surface area contributed by atoms with E-state index in [1.54, 1.807) is 0 Å². The summed E-state index contributed by atoms with van der Waals surface area (Å²) in [5, 5.41) is 3.68. The first-order chi connectivity index (χ1) is 24.4. The van der Waals surface area contributed by atoms with Gasteiger partial charge in [-0.2, -0.15) is 0 Å². The zero-order valence-electron chi connectivity index (χ0n) is 29.7. The average molecular weight is 861 g/mol. The predicted octanol–water partition coefficient (Wildman–Crippen LogP) is 11.6. The van der Waals surface area contributed by atoms with E-state index in [-0.39, 0.29) is 20.1 Å². The number of aromatic nitrogens is 2. The maximum atomic E-state index is 6.46. The van der Waals surface area contributed by atoms with Crippen molar-refractivity contribution in [1.82, 2.24) is 9.97 Å². The van der Waals surface area contributed by atoms with Gasteiger partial charge in [0.1, 0.15) is 5.58 Å². The van der Waals surface area contributed by atoms with Crippen molar-refractivity contribution in [2.75, 3.05) is 0 Å². The van der Waals surface area contributed by atoms with E-state index in [9.17, 15) is 0 Å². The second-order valence-electron chi connectivity index (χ2n) is 15.2. The van der Waals surface area contributed by atoms with Crippen molar-refractivity contribution in [3.8, 4) is 33.6 Å². The van der Waals surface area contributed by atoms with Crippen LogP contribution in [0.1, 0.15) is 37.7 Å². The van der Waals surface area contributed by atoms with Crippen LogP contribution in [0.4, 0.5) is 0 Å². The van der Waals surface area contributed by atoms with Crippen molar-refractivity contribution in [2.45, 2.75) is 58.2 Å². The van der Waals surface area contributed by atoms with Crippen molar-refractivity contribution in [3.63, 3.8) is 0 Å². The molecule has 3 heterocycles. The van der Waals surface area contributed by atoms with Gasteiger partial charge in [-0.3, -0.25) is 0 Å². The Hall–Kier alpha value is -4.15. The number of pyridine rings is 2. The largest absolute Gasteiger partial charge is 0.501 e. The Morgan fingerprint density at radius 3 is 2.29 bits per heavy atom. The molecule has 259 valence electrons. The van der Waals surface area contributed by atoms with Gasteiger partial charge in [-0.05, 0) is 83.3 Å². The molecule has 5 heteroatoms. The molecule has 0 spiro atoms. The Labute approximate surface area is 316 Å². The van der Waals surface area contributed by atoms with Gasteiger partial charge in [-0.15, -0.1) is 54.1 Å². The molecule has 3 aliphatic carbocycles. The second-order valence-corrected chi connectivity index (χ2v) is 20.3. The average Bonchev–Trinajstić information content (AvgIpc) is 3.56. The first-order valence-electron chi connectivity index (χ1n) is 18.2. The molecule has 10 rings (SSSR count). The predicted molar refractivity (Wildman–Crippen MR) is 210 cm³/mol. The van der Waals surface area contributed by atoms with Crippen molar-refractivity contribution in [3.05, 3.63) is 139 Å². The Morgan fingerprint density at radius 1 is 0.765 bits per heavy atom. The van der Waals surface area contributed by atoms with Gasteiger partial charge in [0.05, 0.1) is 13.7 Å². The Bertz CT molecular complexity index is 2220. The van der Waals surface area contributed by atoms with Crippen molar-refractivity contribution in [1.29, 1.82) is 0 Å². The molecule has 4 aromatic carbocycles. The van der Waals surface area contributed by atoms with E-state index in [1.165, 1.54) is 60.4 Å². The molecule has 1 radical (unpaired) electrons. The van der Waals surface area contributed by atoms with Crippen LogP contribution in [0.3, 0.4) is 0 Å². The number of benzene rings is 4. The van der Waals surface area contributed by atoms with Crippen LogP contribution in [-0.4, -0.2) is 18.0 Å². The Balaban J connectivity index is 0.000000202. The van der Waals surface area contributed by atoms with Crippen LogP contribution in [0.15, 0.2) is 126 Å². The Morgan fingerprint density at radius 2 is 1.59 bits per heavy atom. The summed E-state index contributed by atoms with van der Waals surface area (Å²) >= 11 is 0. The van der Waals surface area contributed by atoms with E-state index in [0.29, 0.717) is 0 Å². The summed E-state index contributed by atoms with van der Waals surface area (Å²) in [5.74, 6) is 2.72. The van der Waals surface area contributed by atoms with Gasteiger partial charge in [-0.25, -0.2) is 0 Å². The third-order valence-corrected chi connectivity index (χ3v) is 13.0. The summed E-state index contributed by atoms with van der Waals surface area (Å²) in [6.45, 7) is 7.00. The van der Waals surface area contributed by atoms with Gasteiger partial charge >= 0.3 is 0 Å². The maximum absolute atomic E-state index is 6.46. The third kappa shape index (κ3) is 7.58. The number of rotatable bonds is 6. The first kappa shape index (κ1) is 35.3. The van der Waals surface area contributed by atoms with Crippen molar-refractivity contribution < 1.29 is 24.5 Å². The fourth-order valence-electron chi connectivity index (χ4n) is 8.20. The molecule has 3 aliphatic rings. The molecular formula is C46H44IrN2OSi-2. The van der Waals surface area contributed by atoms with Gasteiger partial charge in [0.15, 0.2) is 0 Å². The molecule has 2 bridgehead atoms. The number of furan rings is 1. The number of hydrogen-bond donors (Lipinski definition) is 0. The molecule has 1 unspecified atom stereocenters.